The SMILES string of the molecule is Cc1ccccc1CN1CCCN(C(=O)c2cccc(NC(=O)NC(C)C)c2)CC1. The first-order chi connectivity index (χ1) is 14.4. The highest BCUT2D eigenvalue weighted by Crippen LogP contribution is 2.16. The number of nitrogens with one attached hydrogen (secondary N) is 2. The Balaban J connectivity index is 1.60. The van der Waals surface area contributed by atoms with Crippen LogP contribution in [-0.4, -0.2) is 54.0 Å². The van der Waals surface area contributed by atoms with E-state index in [9.17, 15) is 9.59 Å². The van der Waals surface area contributed by atoms with Crippen LogP contribution in [0.1, 0.15) is 41.8 Å². The Morgan fingerprint density at radius 1 is 1.00 bits per heavy atom. The quantitative estimate of drug-likeness (QED) is 0.789. The zero-order valence-corrected chi connectivity index (χ0v) is 18.1. The van der Waals surface area contributed by atoms with Gasteiger partial charge in [-0.05, 0) is 56.5 Å². The predicted octanol–water partition coefficient (Wildman–Crippen LogP) is 3.87. The van der Waals surface area contributed by atoms with E-state index in [1.165, 1.54) is 11.1 Å². The summed E-state index contributed by atoms with van der Waals surface area (Å²) in [4.78, 5) is 29.3. The van der Waals surface area contributed by atoms with Crippen molar-refractivity contribution < 1.29 is 9.59 Å². The highest BCUT2D eigenvalue weighted by molar-refractivity contribution is 5.97. The Kier molecular flexibility index (Phi) is 7.46. The number of rotatable bonds is 5. The van der Waals surface area contributed by atoms with E-state index < -0.39 is 0 Å². The van der Waals surface area contributed by atoms with Crippen LogP contribution in [0.15, 0.2) is 48.5 Å². The van der Waals surface area contributed by atoms with Gasteiger partial charge in [0.2, 0.25) is 0 Å². The van der Waals surface area contributed by atoms with Crippen LogP contribution in [0, 0.1) is 6.92 Å². The van der Waals surface area contributed by atoms with Crippen LogP contribution < -0.4 is 10.6 Å². The molecule has 0 bridgehead atoms. The van der Waals surface area contributed by atoms with Crippen molar-refractivity contribution in [3.8, 4) is 0 Å². The molecule has 160 valence electrons. The molecular weight excluding hydrogens is 376 g/mol. The molecule has 0 spiro atoms. The minimum Gasteiger partial charge on any atom is -0.337 e. The largest absolute Gasteiger partial charge is 0.337 e. The van der Waals surface area contributed by atoms with Gasteiger partial charge in [-0.25, -0.2) is 4.79 Å². The summed E-state index contributed by atoms with van der Waals surface area (Å²) in [5, 5.41) is 5.58. The van der Waals surface area contributed by atoms with E-state index >= 15 is 0 Å². The summed E-state index contributed by atoms with van der Waals surface area (Å²) in [6, 6.07) is 15.4. The van der Waals surface area contributed by atoms with Gasteiger partial charge in [0.05, 0.1) is 0 Å². The van der Waals surface area contributed by atoms with Crippen molar-refractivity contribution >= 4 is 17.6 Å². The minimum absolute atomic E-state index is 0.0145. The van der Waals surface area contributed by atoms with Crippen LogP contribution in [0.2, 0.25) is 0 Å². The first-order valence-electron chi connectivity index (χ1n) is 10.7. The molecule has 6 nitrogen and oxygen atoms in total. The highest BCUT2D eigenvalue weighted by Gasteiger charge is 2.21. The maximum Gasteiger partial charge on any atom is 0.319 e. The molecule has 30 heavy (non-hydrogen) atoms. The molecule has 3 amide bonds. The number of nitrogens with zero attached hydrogens (tertiary/aromatic N) is 2. The number of hydrogen-bond donors (Lipinski definition) is 2. The molecule has 1 fully saturated rings. The lowest BCUT2D eigenvalue weighted by Gasteiger charge is -2.23. The number of carbonyl (C=O) groups excluding carboxylic acids is 2. The minimum atomic E-state index is -0.267. The first-order valence-corrected chi connectivity index (χ1v) is 10.7. The lowest BCUT2D eigenvalue weighted by Crippen LogP contribution is -2.35. The van der Waals surface area contributed by atoms with Gasteiger partial charge in [0.25, 0.3) is 5.91 Å². The van der Waals surface area contributed by atoms with Gasteiger partial charge in [-0.3, -0.25) is 9.69 Å². The average molecular weight is 409 g/mol. The third-order valence-corrected chi connectivity index (χ3v) is 5.32. The van der Waals surface area contributed by atoms with Crippen LogP contribution in [0.25, 0.3) is 0 Å². The van der Waals surface area contributed by atoms with Crippen molar-refractivity contribution in [2.45, 2.75) is 39.8 Å². The normalized spacial score (nSPS) is 15.0. The van der Waals surface area contributed by atoms with Gasteiger partial charge in [-0.15, -0.1) is 0 Å². The van der Waals surface area contributed by atoms with Crippen molar-refractivity contribution in [1.29, 1.82) is 0 Å². The summed E-state index contributed by atoms with van der Waals surface area (Å²) in [5.41, 5.74) is 3.87. The summed E-state index contributed by atoms with van der Waals surface area (Å²) in [6.07, 6.45) is 0.951. The third-order valence-electron chi connectivity index (χ3n) is 5.32. The second-order valence-corrected chi connectivity index (χ2v) is 8.18. The Bertz CT molecular complexity index is 881. The number of carbonyl (C=O) groups is 2. The highest BCUT2D eigenvalue weighted by atomic mass is 16.2. The number of benzene rings is 2. The van der Waals surface area contributed by atoms with Gasteiger partial charge in [0.15, 0.2) is 0 Å². The molecule has 0 saturated carbocycles. The fourth-order valence-electron chi connectivity index (χ4n) is 3.70. The van der Waals surface area contributed by atoms with Crippen molar-refractivity contribution in [3.05, 3.63) is 65.2 Å². The van der Waals surface area contributed by atoms with Crippen LogP contribution in [0.3, 0.4) is 0 Å². The van der Waals surface area contributed by atoms with E-state index in [2.05, 4.69) is 46.7 Å². The Hall–Kier alpha value is -2.86. The molecule has 6 heteroatoms. The Morgan fingerprint density at radius 3 is 2.57 bits per heavy atom. The maximum absolute atomic E-state index is 13.1. The molecule has 0 aromatic heterocycles. The van der Waals surface area contributed by atoms with Crippen molar-refractivity contribution in [1.82, 2.24) is 15.1 Å². The van der Waals surface area contributed by atoms with E-state index in [4.69, 9.17) is 0 Å². The van der Waals surface area contributed by atoms with Crippen molar-refractivity contribution in [3.63, 3.8) is 0 Å². The predicted molar refractivity (Wildman–Crippen MR) is 121 cm³/mol. The fourth-order valence-corrected chi connectivity index (χ4v) is 3.70. The summed E-state index contributed by atoms with van der Waals surface area (Å²) in [5.74, 6) is 0.0145. The molecule has 1 aliphatic heterocycles. The second kappa shape index (κ2) is 10.3. The summed E-state index contributed by atoms with van der Waals surface area (Å²) in [6.45, 7) is 10.2. The lowest BCUT2D eigenvalue weighted by molar-refractivity contribution is 0.0761. The zero-order chi connectivity index (χ0) is 21.5. The summed E-state index contributed by atoms with van der Waals surface area (Å²) >= 11 is 0. The van der Waals surface area contributed by atoms with Gasteiger partial charge in [0.1, 0.15) is 0 Å². The van der Waals surface area contributed by atoms with Gasteiger partial charge in [0, 0.05) is 50.0 Å². The average Bonchev–Trinajstić information content (AvgIpc) is 2.94. The van der Waals surface area contributed by atoms with E-state index in [-0.39, 0.29) is 18.0 Å². The van der Waals surface area contributed by atoms with Crippen LogP contribution in [-0.2, 0) is 6.54 Å². The number of urea groups is 1. The molecule has 2 N–H and O–H groups in total. The number of hydrogen-bond acceptors (Lipinski definition) is 3. The topological polar surface area (TPSA) is 64.7 Å². The van der Waals surface area contributed by atoms with Gasteiger partial charge in [-0.1, -0.05) is 30.3 Å². The van der Waals surface area contributed by atoms with Crippen LogP contribution >= 0.6 is 0 Å². The molecule has 0 radical (unpaired) electrons. The molecule has 2 aromatic rings. The molecule has 1 heterocycles. The molecule has 1 saturated heterocycles. The Labute approximate surface area is 179 Å². The smallest absolute Gasteiger partial charge is 0.319 e. The maximum atomic E-state index is 13.1. The molecule has 0 atom stereocenters. The van der Waals surface area contributed by atoms with E-state index in [1.54, 1.807) is 18.2 Å². The molecular formula is C24H32N4O2. The number of aryl methyl sites for hydroxylation is 1. The molecule has 2 aromatic carbocycles. The summed E-state index contributed by atoms with van der Waals surface area (Å²) < 4.78 is 0. The summed E-state index contributed by atoms with van der Waals surface area (Å²) in [7, 11) is 0. The standard InChI is InChI=1S/C24H32N4O2/c1-18(2)25-24(30)26-22-11-6-10-20(16-22)23(29)28-13-7-12-27(14-15-28)17-21-9-5-4-8-19(21)3/h4-6,8-11,16,18H,7,12-15,17H2,1-3H3,(H2,25,26,30). The van der Waals surface area contributed by atoms with E-state index in [0.29, 0.717) is 17.8 Å². The monoisotopic (exact) mass is 408 g/mol. The fraction of sp³-hybridized carbons (Fsp3) is 0.417. The van der Waals surface area contributed by atoms with Crippen LogP contribution in [0.5, 0.6) is 0 Å². The third kappa shape index (κ3) is 6.07. The molecule has 0 aliphatic carbocycles. The van der Waals surface area contributed by atoms with Crippen molar-refractivity contribution in [2.75, 3.05) is 31.5 Å². The van der Waals surface area contributed by atoms with Gasteiger partial charge >= 0.3 is 6.03 Å². The van der Waals surface area contributed by atoms with E-state index in [1.807, 2.05) is 24.8 Å². The second-order valence-electron chi connectivity index (χ2n) is 8.18. The Morgan fingerprint density at radius 2 is 1.80 bits per heavy atom. The zero-order valence-electron chi connectivity index (χ0n) is 18.1. The number of anilines is 1. The molecule has 0 unspecified atom stereocenters. The molecule has 1 aliphatic rings. The first kappa shape index (κ1) is 21.8. The lowest BCUT2D eigenvalue weighted by atomic mass is 10.1. The molecule has 3 rings (SSSR count). The van der Waals surface area contributed by atoms with Gasteiger partial charge in [-0.2, -0.15) is 0 Å². The van der Waals surface area contributed by atoms with Crippen LogP contribution in [0.4, 0.5) is 10.5 Å². The van der Waals surface area contributed by atoms with Gasteiger partial charge < -0.3 is 15.5 Å². The number of amides is 3. The van der Waals surface area contributed by atoms with E-state index in [0.717, 1.165) is 32.6 Å². The van der Waals surface area contributed by atoms with Crippen molar-refractivity contribution in [2.24, 2.45) is 0 Å².